The zero-order valence-corrected chi connectivity index (χ0v) is 19.9. The molecule has 152 valence electrons. The van der Waals surface area contributed by atoms with E-state index < -0.39 is 0 Å². The Morgan fingerprint density at radius 2 is 1.57 bits per heavy atom. The number of anilines is 1. The molecule has 1 aliphatic carbocycles. The maximum absolute atomic E-state index is 2.74. The molecule has 0 bridgehead atoms. The van der Waals surface area contributed by atoms with Crippen LogP contribution in [0.2, 0.25) is 0 Å². The van der Waals surface area contributed by atoms with Crippen LogP contribution in [0.4, 0.5) is 5.69 Å². The zero-order chi connectivity index (χ0) is 18.9. The van der Waals surface area contributed by atoms with Gasteiger partial charge in [-0.2, -0.15) is 0 Å². The fraction of sp³-hybridized carbons (Fsp3) is 0.520. The summed E-state index contributed by atoms with van der Waals surface area (Å²) in [7, 11) is 4.88. The second-order valence-electron chi connectivity index (χ2n) is 9.25. The largest absolute Gasteiger partial charge is 1.00 e. The van der Waals surface area contributed by atoms with Crippen LogP contribution in [-0.2, 0) is 12.8 Å². The lowest BCUT2D eigenvalue weighted by atomic mass is 9.96. The molecule has 3 heteroatoms. The summed E-state index contributed by atoms with van der Waals surface area (Å²) in [5.41, 5.74) is 5.95. The predicted octanol–water partition coefficient (Wildman–Crippen LogP) is 1.99. The highest BCUT2D eigenvalue weighted by atomic mass is 127. The average Bonchev–Trinajstić information content (AvgIpc) is 3.08. The summed E-state index contributed by atoms with van der Waals surface area (Å²) in [6.45, 7) is 4.78. The summed E-state index contributed by atoms with van der Waals surface area (Å²) in [5, 5.41) is 0. The van der Waals surface area contributed by atoms with E-state index in [9.17, 15) is 0 Å². The minimum Gasteiger partial charge on any atom is -1.00 e. The van der Waals surface area contributed by atoms with E-state index in [2.05, 4.69) is 74.4 Å². The third-order valence-corrected chi connectivity index (χ3v) is 7.11. The summed E-state index contributed by atoms with van der Waals surface area (Å²) in [4.78, 5) is 2.74. The Balaban J connectivity index is 0.00000225. The first-order valence-corrected chi connectivity index (χ1v) is 10.8. The van der Waals surface area contributed by atoms with Crippen molar-refractivity contribution in [2.75, 3.05) is 32.1 Å². The van der Waals surface area contributed by atoms with E-state index in [-0.39, 0.29) is 24.0 Å². The molecule has 28 heavy (non-hydrogen) atoms. The molecule has 2 aromatic rings. The number of hydrogen-bond donors (Lipinski definition) is 0. The van der Waals surface area contributed by atoms with Crippen LogP contribution in [0.5, 0.6) is 0 Å². The van der Waals surface area contributed by atoms with Gasteiger partial charge in [-0.15, -0.1) is 0 Å². The molecule has 2 aromatic carbocycles. The van der Waals surface area contributed by atoms with Crippen LogP contribution in [0.1, 0.15) is 42.4 Å². The second-order valence-corrected chi connectivity index (χ2v) is 9.25. The van der Waals surface area contributed by atoms with Crippen molar-refractivity contribution in [1.29, 1.82) is 0 Å². The maximum atomic E-state index is 2.74. The molecule has 1 unspecified atom stereocenters. The lowest BCUT2D eigenvalue weighted by Crippen LogP contribution is -3.00. The molecule has 0 N–H and O–H groups in total. The third-order valence-electron chi connectivity index (χ3n) is 7.11. The fourth-order valence-electron chi connectivity index (χ4n) is 5.35. The number of halogens is 1. The Morgan fingerprint density at radius 3 is 2.21 bits per heavy atom. The number of benzene rings is 2. The Labute approximate surface area is 188 Å². The van der Waals surface area contributed by atoms with E-state index in [1.54, 1.807) is 11.1 Å². The van der Waals surface area contributed by atoms with Crippen LogP contribution in [-0.4, -0.2) is 43.8 Å². The molecule has 1 saturated heterocycles. The van der Waals surface area contributed by atoms with Gasteiger partial charge in [-0.3, -0.25) is 0 Å². The molecule has 2 nitrogen and oxygen atoms in total. The molecule has 1 heterocycles. The number of nitrogens with zero attached hydrogens (tertiary/aromatic N) is 2. The first-order chi connectivity index (χ1) is 13.0. The number of hydrogen-bond acceptors (Lipinski definition) is 1. The summed E-state index contributed by atoms with van der Waals surface area (Å²) in [5.74, 6) is 0. The van der Waals surface area contributed by atoms with Gasteiger partial charge in [-0.25, -0.2) is 0 Å². The molecule has 0 radical (unpaired) electrons. The third kappa shape index (κ3) is 4.56. The van der Waals surface area contributed by atoms with Gasteiger partial charge in [-0.05, 0) is 61.8 Å². The molecular weight excluding hydrogens is 455 g/mol. The Morgan fingerprint density at radius 1 is 0.929 bits per heavy atom. The Hall–Kier alpha value is -1.07. The van der Waals surface area contributed by atoms with Crippen LogP contribution < -0.4 is 28.9 Å². The number of likely N-dealkylation sites (tertiary alicyclic amines) is 1. The maximum Gasteiger partial charge on any atom is 0.0903 e. The van der Waals surface area contributed by atoms with Crippen LogP contribution in [0, 0.1) is 6.92 Å². The number of para-hydroxylation sites is 1. The van der Waals surface area contributed by atoms with E-state index in [0.29, 0.717) is 6.04 Å². The second kappa shape index (κ2) is 9.17. The lowest BCUT2D eigenvalue weighted by Gasteiger charge is -2.43. The van der Waals surface area contributed by atoms with Crippen molar-refractivity contribution in [3.63, 3.8) is 0 Å². The van der Waals surface area contributed by atoms with Crippen LogP contribution in [0.25, 0.3) is 0 Å². The van der Waals surface area contributed by atoms with E-state index in [1.165, 1.54) is 67.3 Å². The molecular formula is C25H35IN2. The highest BCUT2D eigenvalue weighted by molar-refractivity contribution is 5.55. The topological polar surface area (TPSA) is 3.24 Å². The van der Waals surface area contributed by atoms with Gasteiger partial charge in [0, 0.05) is 24.7 Å². The number of rotatable bonds is 5. The van der Waals surface area contributed by atoms with Gasteiger partial charge in [0.1, 0.15) is 0 Å². The first-order valence-electron chi connectivity index (χ1n) is 10.8. The normalized spacial score (nSPS) is 21.0. The van der Waals surface area contributed by atoms with Crippen LogP contribution in [0.3, 0.4) is 0 Å². The standard InChI is InChI=1S/C25H35N2.HI/c1-20-10-4-7-14-25(20)26(16-15-24-13-8-9-17-27(24,2)3)23-18-21-11-5-6-12-22(21)19-23;/h4-7,10-12,14,23-24H,8-9,13,15-19H2,1-3H3;1H/q+1;/p-1. The SMILES string of the molecule is Cc1ccccc1N(CCC1CCCC[N+]1(C)C)C1Cc2ccccc2C1.[I-]. The minimum atomic E-state index is 0. The van der Waals surface area contributed by atoms with Crippen LogP contribution in [0.15, 0.2) is 48.5 Å². The highest BCUT2D eigenvalue weighted by Crippen LogP contribution is 2.32. The van der Waals surface area contributed by atoms with Gasteiger partial charge in [0.05, 0.1) is 26.7 Å². The molecule has 1 aliphatic heterocycles. The number of fused-ring (bicyclic) bond motifs is 1. The van der Waals surface area contributed by atoms with Crippen molar-refractivity contribution in [2.24, 2.45) is 0 Å². The minimum absolute atomic E-state index is 0. The van der Waals surface area contributed by atoms with Crippen molar-refractivity contribution in [1.82, 2.24) is 0 Å². The molecule has 1 fully saturated rings. The van der Waals surface area contributed by atoms with E-state index in [4.69, 9.17) is 0 Å². The molecule has 2 aliphatic rings. The number of quaternary nitrogens is 1. The highest BCUT2D eigenvalue weighted by Gasteiger charge is 2.33. The number of aryl methyl sites for hydroxylation is 1. The molecule has 0 amide bonds. The summed E-state index contributed by atoms with van der Waals surface area (Å²) >= 11 is 0. The van der Waals surface area contributed by atoms with Crippen molar-refractivity contribution in [3.05, 3.63) is 65.2 Å². The van der Waals surface area contributed by atoms with E-state index >= 15 is 0 Å². The van der Waals surface area contributed by atoms with E-state index in [1.807, 2.05) is 0 Å². The fourth-order valence-corrected chi connectivity index (χ4v) is 5.35. The summed E-state index contributed by atoms with van der Waals surface area (Å²) in [6, 6.07) is 19.4. The molecule has 0 saturated carbocycles. The van der Waals surface area contributed by atoms with Gasteiger partial charge in [0.2, 0.25) is 0 Å². The van der Waals surface area contributed by atoms with Crippen LogP contribution >= 0.6 is 0 Å². The van der Waals surface area contributed by atoms with Crippen molar-refractivity contribution >= 4 is 5.69 Å². The molecule has 1 atom stereocenters. The first kappa shape index (κ1) is 21.6. The zero-order valence-electron chi connectivity index (χ0n) is 17.7. The molecule has 4 rings (SSSR count). The van der Waals surface area contributed by atoms with Crippen molar-refractivity contribution in [2.45, 2.75) is 57.5 Å². The monoisotopic (exact) mass is 490 g/mol. The predicted molar refractivity (Wildman–Crippen MR) is 115 cm³/mol. The summed E-state index contributed by atoms with van der Waals surface area (Å²) in [6.07, 6.45) is 7.86. The molecule has 0 aromatic heterocycles. The van der Waals surface area contributed by atoms with E-state index in [0.717, 1.165) is 6.04 Å². The van der Waals surface area contributed by atoms with Gasteiger partial charge in [0.25, 0.3) is 0 Å². The Bertz CT molecular complexity index is 761. The molecule has 0 spiro atoms. The van der Waals surface area contributed by atoms with Crippen molar-refractivity contribution < 1.29 is 28.5 Å². The smallest absolute Gasteiger partial charge is 0.0903 e. The Kier molecular flexibility index (Phi) is 7.08. The quantitative estimate of drug-likeness (QED) is 0.458. The lowest BCUT2D eigenvalue weighted by molar-refractivity contribution is -0.920. The van der Waals surface area contributed by atoms with Gasteiger partial charge in [-0.1, -0.05) is 42.5 Å². The summed E-state index contributed by atoms with van der Waals surface area (Å²) < 4.78 is 1.20. The average molecular weight is 490 g/mol. The van der Waals surface area contributed by atoms with Gasteiger partial charge < -0.3 is 33.4 Å². The van der Waals surface area contributed by atoms with Gasteiger partial charge >= 0.3 is 0 Å². The van der Waals surface area contributed by atoms with Crippen molar-refractivity contribution in [3.8, 4) is 0 Å². The number of piperidine rings is 1. The van der Waals surface area contributed by atoms with Gasteiger partial charge in [0.15, 0.2) is 0 Å².